The fraction of sp³-hybridized carbons (Fsp3) is 0.733. The molecule has 3 heteroatoms. The third kappa shape index (κ3) is 1.35. The lowest BCUT2D eigenvalue weighted by Crippen LogP contribution is -2.45. The zero-order valence-corrected chi connectivity index (χ0v) is 11.4. The molecule has 1 saturated carbocycles. The summed E-state index contributed by atoms with van der Waals surface area (Å²) in [7, 11) is 0. The zero-order valence-electron chi connectivity index (χ0n) is 11.4. The van der Waals surface area contributed by atoms with Crippen LogP contribution in [0, 0.1) is 11.8 Å². The Morgan fingerprint density at radius 3 is 2.89 bits per heavy atom. The van der Waals surface area contributed by atoms with Crippen LogP contribution in [0.5, 0.6) is 0 Å². The highest BCUT2D eigenvalue weighted by atomic mass is 16.6. The van der Waals surface area contributed by atoms with Crippen molar-refractivity contribution >= 4 is 0 Å². The van der Waals surface area contributed by atoms with Gasteiger partial charge in [0.1, 0.15) is 0 Å². The van der Waals surface area contributed by atoms with Crippen LogP contribution in [0.4, 0.5) is 0 Å². The molecule has 1 saturated heterocycles. The van der Waals surface area contributed by atoms with E-state index in [0.717, 1.165) is 30.4 Å². The molecule has 1 aliphatic carbocycles. The number of aliphatic hydroxyl groups is 2. The molecule has 100 valence electrons. The van der Waals surface area contributed by atoms with Crippen LogP contribution >= 0.6 is 0 Å². The summed E-state index contributed by atoms with van der Waals surface area (Å²) in [5, 5.41) is 20.1. The van der Waals surface area contributed by atoms with Gasteiger partial charge in [-0.2, -0.15) is 0 Å². The van der Waals surface area contributed by atoms with Crippen LogP contribution in [-0.4, -0.2) is 28.2 Å². The molecular formula is C15H22O3. The summed E-state index contributed by atoms with van der Waals surface area (Å²) in [4.78, 5) is 0. The first-order valence-electron chi connectivity index (χ1n) is 6.85. The second-order valence-corrected chi connectivity index (χ2v) is 6.27. The Bertz CT molecular complexity index is 451. The second kappa shape index (κ2) is 3.69. The standard InChI is InChI=1S/C15H22O3/c1-9-6-15(17)13(10(2)8-16)7-14(18-15)11(3)4-5-12(9)14/h6,11-12,16-17H,4-5,7-8H2,1-3H3/b13-10+/t11-,12?,14-,15+/m0/s1. The monoisotopic (exact) mass is 250 g/mol. The first-order valence-corrected chi connectivity index (χ1v) is 6.85. The SMILES string of the molecule is CC1=C[C@@]2(O)O[C@]3(C/C2=C(/C)CO)C1CC[C@@H]3C. The minimum atomic E-state index is -1.27. The Kier molecular flexibility index (Phi) is 2.54. The largest absolute Gasteiger partial charge is 0.392 e. The molecule has 2 aliphatic heterocycles. The van der Waals surface area contributed by atoms with Gasteiger partial charge in [0, 0.05) is 12.3 Å². The molecule has 3 aliphatic rings. The molecule has 3 rings (SSSR count). The summed E-state index contributed by atoms with van der Waals surface area (Å²) < 4.78 is 6.12. The fourth-order valence-electron chi connectivity index (χ4n) is 4.20. The smallest absolute Gasteiger partial charge is 0.209 e. The molecule has 1 unspecified atom stereocenters. The van der Waals surface area contributed by atoms with E-state index in [2.05, 4.69) is 13.8 Å². The second-order valence-electron chi connectivity index (χ2n) is 6.27. The Labute approximate surface area is 108 Å². The van der Waals surface area contributed by atoms with Crippen LogP contribution in [0.3, 0.4) is 0 Å². The number of fused-ring (bicyclic) bond motifs is 1. The van der Waals surface area contributed by atoms with E-state index in [1.165, 1.54) is 5.57 Å². The number of hydrogen-bond acceptors (Lipinski definition) is 3. The summed E-state index contributed by atoms with van der Waals surface area (Å²) in [6, 6.07) is 0. The molecule has 4 atom stereocenters. The third-order valence-electron chi connectivity index (χ3n) is 5.27. The van der Waals surface area contributed by atoms with E-state index in [4.69, 9.17) is 4.74 Å². The van der Waals surface area contributed by atoms with Crippen molar-refractivity contribution in [1.82, 2.24) is 0 Å². The van der Waals surface area contributed by atoms with Gasteiger partial charge in [-0.1, -0.05) is 12.5 Å². The van der Waals surface area contributed by atoms with Gasteiger partial charge in [0.05, 0.1) is 12.2 Å². The molecule has 2 N–H and O–H groups in total. The topological polar surface area (TPSA) is 49.7 Å². The van der Waals surface area contributed by atoms with Crippen molar-refractivity contribution < 1.29 is 14.9 Å². The Hall–Kier alpha value is -0.640. The molecule has 3 nitrogen and oxygen atoms in total. The van der Waals surface area contributed by atoms with Crippen molar-refractivity contribution in [2.45, 2.75) is 51.4 Å². The molecule has 0 aromatic rings. The van der Waals surface area contributed by atoms with Crippen molar-refractivity contribution in [1.29, 1.82) is 0 Å². The predicted octanol–water partition coefficient (Wildman–Crippen LogP) is 2.15. The molecular weight excluding hydrogens is 228 g/mol. The maximum atomic E-state index is 10.7. The van der Waals surface area contributed by atoms with Crippen LogP contribution in [-0.2, 0) is 4.74 Å². The van der Waals surface area contributed by atoms with Gasteiger partial charge < -0.3 is 14.9 Å². The number of hydrogen-bond donors (Lipinski definition) is 2. The average Bonchev–Trinajstić information content (AvgIpc) is 2.76. The molecule has 2 fully saturated rings. The minimum absolute atomic E-state index is 0.0109. The predicted molar refractivity (Wildman–Crippen MR) is 68.8 cm³/mol. The quantitative estimate of drug-likeness (QED) is 0.701. The van der Waals surface area contributed by atoms with Gasteiger partial charge in [0.15, 0.2) is 0 Å². The van der Waals surface area contributed by atoms with Crippen molar-refractivity contribution in [3.05, 3.63) is 22.8 Å². The highest BCUT2D eigenvalue weighted by Gasteiger charge is 2.62. The van der Waals surface area contributed by atoms with Gasteiger partial charge in [-0.3, -0.25) is 0 Å². The highest BCUT2D eigenvalue weighted by Crippen LogP contribution is 2.61. The maximum absolute atomic E-state index is 10.7. The van der Waals surface area contributed by atoms with Crippen molar-refractivity contribution in [3.63, 3.8) is 0 Å². The van der Waals surface area contributed by atoms with Crippen molar-refractivity contribution in [3.8, 4) is 0 Å². The van der Waals surface area contributed by atoms with E-state index in [-0.39, 0.29) is 12.2 Å². The van der Waals surface area contributed by atoms with Gasteiger partial charge in [-0.25, -0.2) is 0 Å². The molecule has 18 heavy (non-hydrogen) atoms. The first kappa shape index (κ1) is 12.4. The maximum Gasteiger partial charge on any atom is 0.209 e. The average molecular weight is 250 g/mol. The lowest BCUT2D eigenvalue weighted by Gasteiger charge is -2.40. The summed E-state index contributed by atoms with van der Waals surface area (Å²) in [5.74, 6) is -0.384. The van der Waals surface area contributed by atoms with E-state index >= 15 is 0 Å². The van der Waals surface area contributed by atoms with Gasteiger partial charge >= 0.3 is 0 Å². The normalized spacial score (nSPS) is 49.1. The molecule has 0 amide bonds. The van der Waals surface area contributed by atoms with E-state index in [0.29, 0.717) is 11.8 Å². The third-order valence-corrected chi connectivity index (χ3v) is 5.27. The van der Waals surface area contributed by atoms with Gasteiger partial charge in [-0.15, -0.1) is 0 Å². The summed E-state index contributed by atoms with van der Waals surface area (Å²) in [6.45, 7) is 6.19. The Morgan fingerprint density at radius 2 is 2.22 bits per heavy atom. The Balaban J connectivity index is 2.15. The van der Waals surface area contributed by atoms with E-state index in [1.807, 2.05) is 13.0 Å². The summed E-state index contributed by atoms with van der Waals surface area (Å²) in [5.41, 5.74) is 2.73. The van der Waals surface area contributed by atoms with Crippen LogP contribution in [0.25, 0.3) is 0 Å². The molecule has 2 bridgehead atoms. The van der Waals surface area contributed by atoms with E-state index in [1.54, 1.807) is 0 Å². The molecule has 2 heterocycles. The van der Waals surface area contributed by atoms with E-state index in [9.17, 15) is 10.2 Å². The Morgan fingerprint density at radius 1 is 1.50 bits per heavy atom. The molecule has 0 aromatic carbocycles. The van der Waals surface area contributed by atoms with Crippen LogP contribution < -0.4 is 0 Å². The van der Waals surface area contributed by atoms with Gasteiger partial charge in [-0.05, 0) is 49.8 Å². The summed E-state index contributed by atoms with van der Waals surface area (Å²) >= 11 is 0. The first-order chi connectivity index (χ1) is 8.43. The fourth-order valence-corrected chi connectivity index (χ4v) is 4.20. The van der Waals surface area contributed by atoms with Crippen LogP contribution in [0.1, 0.15) is 40.0 Å². The molecule has 1 spiro atoms. The van der Waals surface area contributed by atoms with Crippen LogP contribution in [0.15, 0.2) is 22.8 Å². The van der Waals surface area contributed by atoms with E-state index < -0.39 is 5.79 Å². The number of rotatable bonds is 1. The van der Waals surface area contributed by atoms with Gasteiger partial charge in [0.25, 0.3) is 0 Å². The lowest BCUT2D eigenvalue weighted by atomic mass is 9.79. The lowest BCUT2D eigenvalue weighted by molar-refractivity contribution is -0.209. The molecule has 0 radical (unpaired) electrons. The van der Waals surface area contributed by atoms with Crippen LogP contribution in [0.2, 0.25) is 0 Å². The number of aliphatic hydroxyl groups excluding tert-OH is 1. The summed E-state index contributed by atoms with van der Waals surface area (Å²) in [6.07, 6.45) is 4.91. The van der Waals surface area contributed by atoms with Crippen molar-refractivity contribution in [2.75, 3.05) is 6.61 Å². The number of ether oxygens (including phenoxy) is 1. The molecule has 0 aromatic heterocycles. The van der Waals surface area contributed by atoms with Crippen molar-refractivity contribution in [2.24, 2.45) is 11.8 Å². The zero-order chi connectivity index (χ0) is 13.1. The highest BCUT2D eigenvalue weighted by molar-refractivity contribution is 5.40. The van der Waals surface area contributed by atoms with Gasteiger partial charge in [0.2, 0.25) is 5.79 Å². The minimum Gasteiger partial charge on any atom is -0.392 e.